The molecule has 1 aliphatic carbocycles. The van der Waals surface area contributed by atoms with Gasteiger partial charge in [0.2, 0.25) is 0 Å². The summed E-state index contributed by atoms with van der Waals surface area (Å²) in [7, 11) is 1.95. The zero-order valence-electron chi connectivity index (χ0n) is 14.7. The summed E-state index contributed by atoms with van der Waals surface area (Å²) in [4.78, 5) is 0. The Balaban J connectivity index is 1.30. The molecule has 2 aliphatic rings. The molecule has 0 aromatic carbocycles. The average molecular weight is 325 g/mol. The van der Waals surface area contributed by atoms with Crippen molar-refractivity contribution in [2.45, 2.75) is 39.0 Å². The van der Waals surface area contributed by atoms with Crippen LogP contribution >= 0.6 is 0 Å². The van der Waals surface area contributed by atoms with Crippen molar-refractivity contribution < 1.29 is 0 Å². The molecule has 5 heteroatoms. The summed E-state index contributed by atoms with van der Waals surface area (Å²) in [5.74, 6) is 2.85. The molecule has 0 radical (unpaired) electrons. The predicted octanol–water partition coefficient (Wildman–Crippen LogP) is 2.75. The molecule has 3 atom stereocenters. The van der Waals surface area contributed by atoms with Gasteiger partial charge >= 0.3 is 0 Å². The van der Waals surface area contributed by atoms with Crippen molar-refractivity contribution in [1.82, 2.24) is 25.3 Å². The smallest absolute Gasteiger partial charge is 0.111 e. The minimum Gasteiger partial charge on any atom is -0.316 e. The largest absolute Gasteiger partial charge is 0.316 e. The van der Waals surface area contributed by atoms with E-state index in [0.717, 1.165) is 46.8 Å². The van der Waals surface area contributed by atoms with Gasteiger partial charge < -0.3 is 5.32 Å². The van der Waals surface area contributed by atoms with Gasteiger partial charge in [-0.2, -0.15) is 10.2 Å². The molecule has 2 aromatic rings. The highest BCUT2D eigenvalue weighted by molar-refractivity contribution is 5.57. The molecule has 0 amide bonds. The van der Waals surface area contributed by atoms with Gasteiger partial charge in [-0.1, -0.05) is 6.42 Å². The highest BCUT2D eigenvalue weighted by Crippen LogP contribution is 2.40. The highest BCUT2D eigenvalue weighted by Gasteiger charge is 2.36. The fourth-order valence-electron chi connectivity index (χ4n) is 4.63. The zero-order chi connectivity index (χ0) is 16.5. The minimum atomic E-state index is 0.910. The molecule has 5 nitrogen and oxygen atoms in total. The molecule has 0 bridgehead atoms. The molecule has 3 heterocycles. The molecule has 2 fully saturated rings. The quantitative estimate of drug-likeness (QED) is 0.918. The Hall–Kier alpha value is -1.75. The topological polar surface area (TPSA) is 55.6 Å². The summed E-state index contributed by atoms with van der Waals surface area (Å²) in [6.07, 6.45) is 8.36. The van der Waals surface area contributed by atoms with Gasteiger partial charge in [0, 0.05) is 7.05 Å². The molecule has 24 heavy (non-hydrogen) atoms. The summed E-state index contributed by atoms with van der Waals surface area (Å²) in [5, 5.41) is 16.7. The molecule has 128 valence electrons. The molecule has 1 saturated carbocycles. The summed E-state index contributed by atoms with van der Waals surface area (Å²) >= 11 is 0. The van der Waals surface area contributed by atoms with E-state index in [2.05, 4.69) is 39.7 Å². The van der Waals surface area contributed by atoms with E-state index < -0.39 is 0 Å². The molecule has 1 saturated heterocycles. The molecule has 1 aliphatic heterocycles. The van der Waals surface area contributed by atoms with Crippen molar-refractivity contribution in [3.63, 3.8) is 0 Å². The van der Waals surface area contributed by atoms with Gasteiger partial charge in [0.05, 0.1) is 17.6 Å². The van der Waals surface area contributed by atoms with Crippen molar-refractivity contribution in [2.24, 2.45) is 24.8 Å². The maximum Gasteiger partial charge on any atom is 0.111 e. The molecular formula is C19H27N5. The van der Waals surface area contributed by atoms with Crippen LogP contribution in [0.2, 0.25) is 0 Å². The van der Waals surface area contributed by atoms with Gasteiger partial charge in [0.15, 0.2) is 0 Å². The number of aryl methyl sites for hydroxylation is 3. The van der Waals surface area contributed by atoms with Crippen LogP contribution in [0.4, 0.5) is 0 Å². The summed E-state index contributed by atoms with van der Waals surface area (Å²) in [6, 6.07) is 4.21. The molecular weight excluding hydrogens is 298 g/mol. The third-order valence-electron chi connectivity index (χ3n) is 5.88. The van der Waals surface area contributed by atoms with Crippen molar-refractivity contribution >= 4 is 0 Å². The molecule has 1 N–H and O–H groups in total. The molecule has 0 spiro atoms. The predicted molar refractivity (Wildman–Crippen MR) is 94.5 cm³/mol. The molecule has 1 unspecified atom stereocenters. The molecule has 2 aromatic heterocycles. The van der Waals surface area contributed by atoms with E-state index in [-0.39, 0.29) is 0 Å². The van der Waals surface area contributed by atoms with E-state index in [0.29, 0.717) is 0 Å². The van der Waals surface area contributed by atoms with E-state index >= 15 is 0 Å². The first-order valence-electron chi connectivity index (χ1n) is 9.23. The van der Waals surface area contributed by atoms with Gasteiger partial charge in [0.1, 0.15) is 5.69 Å². The van der Waals surface area contributed by atoms with Crippen molar-refractivity contribution in [1.29, 1.82) is 0 Å². The van der Waals surface area contributed by atoms with Gasteiger partial charge in [-0.3, -0.25) is 4.68 Å². The first kappa shape index (κ1) is 15.8. The SMILES string of the molecule is Cc1cnn(C)c1-c1ccc(CCCC2C[C@H]3CNC[C@H]3C2)nn1. The van der Waals surface area contributed by atoms with Gasteiger partial charge in [-0.25, -0.2) is 0 Å². The van der Waals surface area contributed by atoms with Crippen LogP contribution in [-0.4, -0.2) is 33.1 Å². The Morgan fingerprint density at radius 1 is 1.17 bits per heavy atom. The Morgan fingerprint density at radius 3 is 2.58 bits per heavy atom. The third-order valence-corrected chi connectivity index (χ3v) is 5.88. The lowest BCUT2D eigenvalue weighted by Crippen LogP contribution is -2.12. The van der Waals surface area contributed by atoms with Crippen LogP contribution in [0.1, 0.15) is 36.9 Å². The fraction of sp³-hybridized carbons (Fsp3) is 0.632. The maximum absolute atomic E-state index is 4.44. The van der Waals surface area contributed by atoms with Crippen LogP contribution in [0.5, 0.6) is 0 Å². The normalized spacial score (nSPS) is 26.0. The van der Waals surface area contributed by atoms with E-state index in [1.807, 2.05) is 17.9 Å². The second kappa shape index (κ2) is 6.63. The Bertz CT molecular complexity index is 659. The number of rotatable bonds is 5. The highest BCUT2D eigenvalue weighted by atomic mass is 15.3. The Morgan fingerprint density at radius 2 is 1.96 bits per heavy atom. The van der Waals surface area contributed by atoms with Crippen molar-refractivity contribution in [3.05, 3.63) is 29.6 Å². The standard InChI is InChI=1S/C19H27N5/c1-13-10-21-24(2)19(13)18-7-6-17(22-23-18)5-3-4-14-8-15-11-20-12-16(15)9-14/h6-7,10,14-16,20H,3-5,8-9,11-12H2,1-2H3/t14?,15-,16+. The second-order valence-electron chi connectivity index (χ2n) is 7.62. The van der Waals surface area contributed by atoms with Crippen molar-refractivity contribution in [3.8, 4) is 11.4 Å². The number of aromatic nitrogens is 4. The van der Waals surface area contributed by atoms with Crippen LogP contribution in [0.25, 0.3) is 11.4 Å². The number of nitrogens with one attached hydrogen (secondary N) is 1. The number of hydrogen-bond donors (Lipinski definition) is 1. The number of hydrogen-bond acceptors (Lipinski definition) is 4. The lowest BCUT2D eigenvalue weighted by molar-refractivity contribution is 0.444. The summed E-state index contributed by atoms with van der Waals surface area (Å²) < 4.78 is 1.87. The van der Waals surface area contributed by atoms with Crippen LogP contribution in [-0.2, 0) is 13.5 Å². The van der Waals surface area contributed by atoms with Crippen LogP contribution < -0.4 is 5.32 Å². The lowest BCUT2D eigenvalue weighted by atomic mass is 9.98. The first-order valence-corrected chi connectivity index (χ1v) is 9.23. The third kappa shape index (κ3) is 3.09. The number of fused-ring (bicyclic) bond motifs is 1. The van der Waals surface area contributed by atoms with Crippen molar-refractivity contribution in [2.75, 3.05) is 13.1 Å². The Labute approximate surface area is 143 Å². The fourth-order valence-corrected chi connectivity index (χ4v) is 4.63. The monoisotopic (exact) mass is 325 g/mol. The minimum absolute atomic E-state index is 0.910. The van der Waals surface area contributed by atoms with E-state index in [9.17, 15) is 0 Å². The summed E-state index contributed by atoms with van der Waals surface area (Å²) in [5.41, 5.74) is 4.21. The summed E-state index contributed by atoms with van der Waals surface area (Å²) in [6.45, 7) is 4.56. The Kier molecular flexibility index (Phi) is 4.35. The van der Waals surface area contributed by atoms with Crippen LogP contribution in [0, 0.1) is 24.7 Å². The average Bonchev–Trinajstić information content (AvgIpc) is 3.24. The van der Waals surface area contributed by atoms with Crippen LogP contribution in [0.15, 0.2) is 18.3 Å². The van der Waals surface area contributed by atoms with E-state index in [1.54, 1.807) is 0 Å². The van der Waals surface area contributed by atoms with E-state index in [1.165, 1.54) is 38.8 Å². The number of nitrogens with zero attached hydrogens (tertiary/aromatic N) is 4. The van der Waals surface area contributed by atoms with Gasteiger partial charge in [0.25, 0.3) is 0 Å². The van der Waals surface area contributed by atoms with Gasteiger partial charge in [-0.15, -0.1) is 5.10 Å². The maximum atomic E-state index is 4.44. The second-order valence-corrected chi connectivity index (χ2v) is 7.62. The zero-order valence-corrected chi connectivity index (χ0v) is 14.7. The van der Waals surface area contributed by atoms with Crippen LogP contribution in [0.3, 0.4) is 0 Å². The lowest BCUT2D eigenvalue weighted by Gasteiger charge is -2.10. The molecule has 4 rings (SSSR count). The van der Waals surface area contributed by atoms with Gasteiger partial charge in [-0.05, 0) is 81.1 Å². The first-order chi connectivity index (χ1) is 11.7. The van der Waals surface area contributed by atoms with E-state index in [4.69, 9.17) is 0 Å².